The van der Waals surface area contributed by atoms with Crippen LogP contribution in [0, 0.1) is 0 Å². The van der Waals surface area contributed by atoms with Crippen molar-refractivity contribution in [3.63, 3.8) is 0 Å². The molecule has 2 rings (SSSR count). The van der Waals surface area contributed by atoms with Gasteiger partial charge in [-0.15, -0.1) is 0 Å². The molecule has 0 atom stereocenters. The van der Waals surface area contributed by atoms with Crippen molar-refractivity contribution in [3.8, 4) is 0 Å². The highest BCUT2D eigenvalue weighted by Crippen LogP contribution is 2.06. The molecular formula is C16H29N5. The van der Waals surface area contributed by atoms with Gasteiger partial charge < -0.3 is 5.73 Å². The maximum atomic E-state index is 5.41. The molecule has 2 aromatic heterocycles. The summed E-state index contributed by atoms with van der Waals surface area (Å²) < 4.78 is 3.91. The van der Waals surface area contributed by atoms with Gasteiger partial charge in [0.05, 0.1) is 12.4 Å². The van der Waals surface area contributed by atoms with Crippen LogP contribution in [0.4, 0.5) is 0 Å². The van der Waals surface area contributed by atoms with E-state index in [1.165, 1.54) is 12.0 Å². The monoisotopic (exact) mass is 291 g/mol. The Labute approximate surface area is 128 Å². The SMILES string of the molecule is CC(C)n1cc(CN)cn1.CCCc1cnn(C(C)C)c1. The van der Waals surface area contributed by atoms with Crippen LogP contribution in [-0.4, -0.2) is 19.6 Å². The zero-order chi connectivity index (χ0) is 15.8. The normalized spacial score (nSPS) is 10.9. The standard InChI is InChI=1S/C9H16N2.C7H13N3/c1-4-5-9-6-10-11(7-9)8(2)3;1-6(2)10-5-7(3-8)4-9-10/h6-8H,4-5H2,1-3H3;4-6H,3,8H2,1-2H3. The fraction of sp³-hybridized carbons (Fsp3) is 0.625. The van der Waals surface area contributed by atoms with E-state index in [1.54, 1.807) is 6.20 Å². The van der Waals surface area contributed by atoms with E-state index < -0.39 is 0 Å². The van der Waals surface area contributed by atoms with E-state index in [-0.39, 0.29) is 0 Å². The van der Waals surface area contributed by atoms with Gasteiger partial charge in [-0.1, -0.05) is 13.3 Å². The van der Waals surface area contributed by atoms with E-state index >= 15 is 0 Å². The average molecular weight is 291 g/mol. The zero-order valence-corrected chi connectivity index (χ0v) is 14.0. The highest BCUT2D eigenvalue weighted by Gasteiger charge is 1.99. The van der Waals surface area contributed by atoms with Gasteiger partial charge >= 0.3 is 0 Å². The summed E-state index contributed by atoms with van der Waals surface area (Å²) in [5.41, 5.74) is 7.85. The Kier molecular flexibility index (Phi) is 7.15. The topological polar surface area (TPSA) is 61.7 Å². The fourth-order valence-electron chi connectivity index (χ4n) is 1.84. The molecule has 21 heavy (non-hydrogen) atoms. The number of hydrogen-bond acceptors (Lipinski definition) is 3. The minimum Gasteiger partial charge on any atom is -0.326 e. The van der Waals surface area contributed by atoms with Gasteiger partial charge in [-0.05, 0) is 39.7 Å². The molecule has 0 bridgehead atoms. The molecule has 5 nitrogen and oxygen atoms in total. The van der Waals surface area contributed by atoms with Gasteiger partial charge in [-0.2, -0.15) is 10.2 Å². The molecule has 0 saturated heterocycles. The van der Waals surface area contributed by atoms with Gasteiger partial charge in [0.15, 0.2) is 0 Å². The number of nitrogens with zero attached hydrogens (tertiary/aromatic N) is 4. The average Bonchev–Trinajstić information content (AvgIpc) is 3.08. The van der Waals surface area contributed by atoms with Gasteiger partial charge in [0.2, 0.25) is 0 Å². The van der Waals surface area contributed by atoms with Crippen LogP contribution in [0.2, 0.25) is 0 Å². The van der Waals surface area contributed by atoms with Crippen LogP contribution in [-0.2, 0) is 13.0 Å². The Bertz CT molecular complexity index is 510. The van der Waals surface area contributed by atoms with Crippen molar-refractivity contribution in [1.29, 1.82) is 0 Å². The van der Waals surface area contributed by atoms with Crippen LogP contribution in [0.1, 0.15) is 64.3 Å². The predicted molar refractivity (Wildman–Crippen MR) is 87.1 cm³/mol. The van der Waals surface area contributed by atoms with E-state index in [0.717, 1.165) is 12.0 Å². The van der Waals surface area contributed by atoms with E-state index in [2.05, 4.69) is 51.0 Å². The lowest BCUT2D eigenvalue weighted by Crippen LogP contribution is -2.00. The van der Waals surface area contributed by atoms with Gasteiger partial charge in [0.1, 0.15) is 0 Å². The van der Waals surface area contributed by atoms with Crippen molar-refractivity contribution in [2.24, 2.45) is 5.73 Å². The highest BCUT2D eigenvalue weighted by molar-refractivity contribution is 5.04. The number of rotatable bonds is 5. The Balaban J connectivity index is 0.000000211. The molecule has 0 aromatic carbocycles. The van der Waals surface area contributed by atoms with Gasteiger partial charge in [-0.25, -0.2) is 0 Å². The first-order chi connectivity index (χ1) is 9.97. The molecule has 2 N–H and O–H groups in total. The minimum atomic E-state index is 0.431. The van der Waals surface area contributed by atoms with E-state index in [0.29, 0.717) is 18.6 Å². The number of aromatic nitrogens is 4. The maximum absolute atomic E-state index is 5.41. The van der Waals surface area contributed by atoms with Gasteiger partial charge in [0, 0.05) is 36.6 Å². The van der Waals surface area contributed by atoms with Crippen molar-refractivity contribution >= 4 is 0 Å². The molecule has 2 aromatic rings. The highest BCUT2D eigenvalue weighted by atomic mass is 15.3. The molecule has 0 fully saturated rings. The second-order valence-electron chi connectivity index (χ2n) is 5.80. The molecule has 0 radical (unpaired) electrons. The van der Waals surface area contributed by atoms with Crippen LogP contribution >= 0.6 is 0 Å². The van der Waals surface area contributed by atoms with Crippen LogP contribution in [0.3, 0.4) is 0 Å². The zero-order valence-electron chi connectivity index (χ0n) is 14.0. The van der Waals surface area contributed by atoms with Crippen LogP contribution < -0.4 is 5.73 Å². The molecule has 0 aliphatic carbocycles. The Morgan fingerprint density at radius 3 is 1.76 bits per heavy atom. The third kappa shape index (κ3) is 5.71. The second kappa shape index (κ2) is 8.62. The Morgan fingerprint density at radius 2 is 1.43 bits per heavy atom. The quantitative estimate of drug-likeness (QED) is 0.919. The van der Waals surface area contributed by atoms with E-state index in [4.69, 9.17) is 5.73 Å². The number of hydrogen-bond donors (Lipinski definition) is 1. The minimum absolute atomic E-state index is 0.431. The number of aryl methyl sites for hydroxylation is 1. The molecule has 0 aliphatic heterocycles. The van der Waals surface area contributed by atoms with Crippen molar-refractivity contribution in [1.82, 2.24) is 19.6 Å². The summed E-state index contributed by atoms with van der Waals surface area (Å²) in [6.45, 7) is 11.2. The summed E-state index contributed by atoms with van der Waals surface area (Å²) >= 11 is 0. The van der Waals surface area contributed by atoms with Crippen molar-refractivity contribution in [2.75, 3.05) is 0 Å². The molecule has 0 amide bonds. The van der Waals surface area contributed by atoms with Crippen LogP contribution in [0.5, 0.6) is 0 Å². The molecule has 0 aliphatic rings. The van der Waals surface area contributed by atoms with Gasteiger partial charge in [-0.3, -0.25) is 9.36 Å². The van der Waals surface area contributed by atoms with Crippen LogP contribution in [0.25, 0.3) is 0 Å². The van der Waals surface area contributed by atoms with Crippen molar-refractivity contribution in [2.45, 2.75) is 66.1 Å². The third-order valence-electron chi connectivity index (χ3n) is 3.14. The molecule has 0 saturated carbocycles. The molecular weight excluding hydrogens is 262 g/mol. The maximum Gasteiger partial charge on any atom is 0.0534 e. The van der Waals surface area contributed by atoms with Crippen molar-refractivity contribution in [3.05, 3.63) is 35.9 Å². The lowest BCUT2D eigenvalue weighted by Gasteiger charge is -2.02. The lowest BCUT2D eigenvalue weighted by atomic mass is 10.2. The molecule has 118 valence electrons. The fourth-order valence-corrected chi connectivity index (χ4v) is 1.84. The molecule has 0 unspecified atom stereocenters. The lowest BCUT2D eigenvalue weighted by molar-refractivity contribution is 0.532. The smallest absolute Gasteiger partial charge is 0.0534 e. The van der Waals surface area contributed by atoms with E-state index in [1.807, 2.05) is 21.8 Å². The summed E-state index contributed by atoms with van der Waals surface area (Å²) in [6.07, 6.45) is 10.2. The summed E-state index contributed by atoms with van der Waals surface area (Å²) in [5.74, 6) is 0. The van der Waals surface area contributed by atoms with Gasteiger partial charge in [0.25, 0.3) is 0 Å². The first kappa shape index (κ1) is 17.4. The second-order valence-corrected chi connectivity index (χ2v) is 5.80. The Hall–Kier alpha value is -1.62. The first-order valence-electron chi connectivity index (χ1n) is 7.74. The molecule has 0 spiro atoms. The van der Waals surface area contributed by atoms with Crippen molar-refractivity contribution < 1.29 is 0 Å². The predicted octanol–water partition coefficient (Wildman–Crippen LogP) is 3.34. The molecule has 5 heteroatoms. The first-order valence-corrected chi connectivity index (χ1v) is 7.74. The summed E-state index contributed by atoms with van der Waals surface area (Å²) in [7, 11) is 0. The summed E-state index contributed by atoms with van der Waals surface area (Å²) in [5, 5.41) is 8.37. The third-order valence-corrected chi connectivity index (χ3v) is 3.14. The molecule has 2 heterocycles. The Morgan fingerprint density at radius 1 is 0.952 bits per heavy atom. The largest absolute Gasteiger partial charge is 0.326 e. The summed E-state index contributed by atoms with van der Waals surface area (Å²) in [4.78, 5) is 0. The number of nitrogens with two attached hydrogens (primary N) is 1. The summed E-state index contributed by atoms with van der Waals surface area (Å²) in [6, 6.07) is 0.918. The van der Waals surface area contributed by atoms with Crippen LogP contribution in [0.15, 0.2) is 24.8 Å². The van der Waals surface area contributed by atoms with E-state index in [9.17, 15) is 0 Å².